The standard InChI is InChI=1S/C12H9BrCl2N2O2S/c13-7-5-8(14)12(9(15)6-7)17-20(18,19)11-4-2-1-3-10(11)16/h1-6,17H,16H2. The van der Waals surface area contributed by atoms with Gasteiger partial charge in [-0.3, -0.25) is 4.72 Å². The molecule has 0 bridgehead atoms. The predicted octanol–water partition coefficient (Wildman–Crippen LogP) is 4.14. The van der Waals surface area contributed by atoms with Crippen molar-refractivity contribution in [1.29, 1.82) is 0 Å². The van der Waals surface area contributed by atoms with Gasteiger partial charge in [0.1, 0.15) is 4.90 Å². The van der Waals surface area contributed by atoms with E-state index in [1.165, 1.54) is 12.1 Å². The molecule has 0 unspecified atom stereocenters. The molecule has 0 heterocycles. The van der Waals surface area contributed by atoms with E-state index in [-0.39, 0.29) is 26.3 Å². The first-order chi connectivity index (χ1) is 9.31. The minimum absolute atomic E-state index is 0.0324. The van der Waals surface area contributed by atoms with Crippen LogP contribution >= 0.6 is 39.1 Å². The number of sulfonamides is 1. The van der Waals surface area contributed by atoms with Crippen LogP contribution in [0.25, 0.3) is 0 Å². The van der Waals surface area contributed by atoms with Crippen LogP contribution < -0.4 is 10.5 Å². The van der Waals surface area contributed by atoms with E-state index < -0.39 is 10.0 Å². The third-order valence-corrected chi connectivity index (χ3v) is 4.93. The van der Waals surface area contributed by atoms with Gasteiger partial charge in [0.25, 0.3) is 10.0 Å². The highest BCUT2D eigenvalue weighted by Gasteiger charge is 2.20. The number of anilines is 2. The number of nitrogens with two attached hydrogens (primary N) is 1. The van der Waals surface area contributed by atoms with Crippen molar-refractivity contribution < 1.29 is 8.42 Å². The van der Waals surface area contributed by atoms with E-state index in [9.17, 15) is 8.42 Å². The number of para-hydroxylation sites is 1. The van der Waals surface area contributed by atoms with Crippen LogP contribution in [0, 0.1) is 0 Å². The molecular formula is C12H9BrCl2N2O2S. The SMILES string of the molecule is Nc1ccccc1S(=O)(=O)Nc1c(Cl)cc(Br)cc1Cl. The first-order valence-corrected chi connectivity index (χ1v) is 8.36. The summed E-state index contributed by atoms with van der Waals surface area (Å²) in [4.78, 5) is -0.0324. The summed E-state index contributed by atoms with van der Waals surface area (Å²) < 4.78 is 27.6. The monoisotopic (exact) mass is 394 g/mol. The van der Waals surface area contributed by atoms with E-state index in [2.05, 4.69) is 20.7 Å². The van der Waals surface area contributed by atoms with Crippen molar-refractivity contribution in [2.45, 2.75) is 4.90 Å². The average Bonchev–Trinajstić information content (AvgIpc) is 2.34. The summed E-state index contributed by atoms with van der Waals surface area (Å²) >= 11 is 15.2. The number of rotatable bonds is 3. The fourth-order valence-electron chi connectivity index (χ4n) is 1.55. The molecule has 4 nitrogen and oxygen atoms in total. The summed E-state index contributed by atoms with van der Waals surface area (Å²) in [6.45, 7) is 0. The number of nitrogens with one attached hydrogen (secondary N) is 1. The van der Waals surface area contributed by atoms with Crippen LogP contribution in [0.1, 0.15) is 0 Å². The van der Waals surface area contributed by atoms with Gasteiger partial charge in [-0.25, -0.2) is 8.42 Å². The molecule has 0 spiro atoms. The highest BCUT2D eigenvalue weighted by atomic mass is 79.9. The molecule has 0 aromatic heterocycles. The Kier molecular flexibility index (Phi) is 4.49. The van der Waals surface area contributed by atoms with Crippen molar-refractivity contribution in [3.05, 3.63) is 50.9 Å². The van der Waals surface area contributed by atoms with Gasteiger partial charge in [-0.1, -0.05) is 51.3 Å². The zero-order chi connectivity index (χ0) is 14.9. The lowest BCUT2D eigenvalue weighted by molar-refractivity contribution is 0.601. The third-order valence-electron chi connectivity index (χ3n) is 2.45. The maximum Gasteiger partial charge on any atom is 0.264 e. The number of nitrogen functional groups attached to an aromatic ring is 1. The van der Waals surface area contributed by atoms with Gasteiger partial charge in [0, 0.05) is 4.47 Å². The fourth-order valence-corrected chi connectivity index (χ4v) is 4.20. The Morgan fingerprint density at radius 2 is 1.65 bits per heavy atom. The highest BCUT2D eigenvalue weighted by Crippen LogP contribution is 2.35. The molecule has 2 rings (SSSR count). The van der Waals surface area contributed by atoms with Crippen molar-refractivity contribution in [2.24, 2.45) is 0 Å². The first kappa shape index (κ1) is 15.4. The number of hydrogen-bond donors (Lipinski definition) is 2. The van der Waals surface area contributed by atoms with E-state index >= 15 is 0 Å². The van der Waals surface area contributed by atoms with Crippen LogP contribution in [-0.2, 0) is 10.0 Å². The van der Waals surface area contributed by atoms with E-state index in [1.54, 1.807) is 24.3 Å². The Bertz CT molecular complexity index is 743. The van der Waals surface area contributed by atoms with E-state index in [4.69, 9.17) is 28.9 Å². The van der Waals surface area contributed by atoms with E-state index in [0.717, 1.165) is 0 Å². The number of benzene rings is 2. The minimum atomic E-state index is -3.86. The van der Waals surface area contributed by atoms with Crippen LogP contribution in [0.5, 0.6) is 0 Å². The van der Waals surface area contributed by atoms with E-state index in [1.807, 2.05) is 0 Å². The lowest BCUT2D eigenvalue weighted by atomic mass is 10.3. The molecule has 0 amide bonds. The highest BCUT2D eigenvalue weighted by molar-refractivity contribution is 9.10. The first-order valence-electron chi connectivity index (χ1n) is 5.33. The molecule has 2 aromatic rings. The average molecular weight is 396 g/mol. The van der Waals surface area contributed by atoms with Gasteiger partial charge in [0.15, 0.2) is 0 Å². The normalized spacial score (nSPS) is 11.3. The molecule has 0 saturated heterocycles. The largest absolute Gasteiger partial charge is 0.398 e. The zero-order valence-electron chi connectivity index (χ0n) is 9.90. The summed E-state index contributed by atoms with van der Waals surface area (Å²) in [6.07, 6.45) is 0. The lowest BCUT2D eigenvalue weighted by Gasteiger charge is -2.13. The molecule has 0 atom stereocenters. The van der Waals surface area contributed by atoms with E-state index in [0.29, 0.717) is 4.47 Å². The topological polar surface area (TPSA) is 72.2 Å². The second kappa shape index (κ2) is 5.81. The summed E-state index contributed by atoms with van der Waals surface area (Å²) in [5.41, 5.74) is 5.92. The Balaban J connectivity index is 2.47. The van der Waals surface area contributed by atoms with Crippen molar-refractivity contribution in [3.8, 4) is 0 Å². The maximum atomic E-state index is 12.3. The molecule has 0 fully saturated rings. The molecule has 0 radical (unpaired) electrons. The van der Waals surface area contributed by atoms with Crippen LogP contribution in [-0.4, -0.2) is 8.42 Å². The van der Waals surface area contributed by atoms with Crippen molar-refractivity contribution in [2.75, 3.05) is 10.5 Å². The molecule has 0 saturated carbocycles. The molecular weight excluding hydrogens is 387 g/mol. The predicted molar refractivity (Wildman–Crippen MR) is 85.8 cm³/mol. The van der Waals surface area contributed by atoms with Crippen molar-refractivity contribution in [3.63, 3.8) is 0 Å². The molecule has 106 valence electrons. The number of halogens is 3. The molecule has 3 N–H and O–H groups in total. The fraction of sp³-hybridized carbons (Fsp3) is 0. The molecule has 0 aliphatic rings. The Morgan fingerprint density at radius 1 is 1.10 bits per heavy atom. The van der Waals surface area contributed by atoms with Crippen molar-refractivity contribution >= 4 is 60.5 Å². The van der Waals surface area contributed by atoms with Crippen molar-refractivity contribution in [1.82, 2.24) is 0 Å². The van der Waals surface area contributed by atoms with Gasteiger partial charge < -0.3 is 5.73 Å². The zero-order valence-corrected chi connectivity index (χ0v) is 13.8. The molecule has 2 aromatic carbocycles. The minimum Gasteiger partial charge on any atom is -0.398 e. The Labute approximate surface area is 135 Å². The summed E-state index contributed by atoms with van der Waals surface area (Å²) in [6, 6.07) is 9.21. The quantitative estimate of drug-likeness (QED) is 0.767. The van der Waals surface area contributed by atoms with Gasteiger partial charge in [-0.15, -0.1) is 0 Å². The molecule has 8 heteroatoms. The Morgan fingerprint density at radius 3 is 2.20 bits per heavy atom. The van der Waals surface area contributed by atoms with Crippen LogP contribution in [0.15, 0.2) is 45.8 Å². The van der Waals surface area contributed by atoms with Gasteiger partial charge in [0.05, 0.1) is 21.4 Å². The van der Waals surface area contributed by atoms with Gasteiger partial charge in [-0.05, 0) is 24.3 Å². The Hall–Kier alpha value is -0.950. The summed E-state index contributed by atoms with van der Waals surface area (Å²) in [5.74, 6) is 0. The van der Waals surface area contributed by atoms with Gasteiger partial charge >= 0.3 is 0 Å². The summed E-state index contributed by atoms with van der Waals surface area (Å²) in [5, 5.41) is 0.366. The summed E-state index contributed by atoms with van der Waals surface area (Å²) in [7, 11) is -3.86. The second-order valence-corrected chi connectivity index (χ2v) is 7.27. The second-order valence-electron chi connectivity index (χ2n) is 3.89. The smallest absolute Gasteiger partial charge is 0.264 e. The lowest BCUT2D eigenvalue weighted by Crippen LogP contribution is -2.15. The van der Waals surface area contributed by atoms with Crippen LogP contribution in [0.4, 0.5) is 11.4 Å². The van der Waals surface area contributed by atoms with Crippen LogP contribution in [0.2, 0.25) is 10.0 Å². The molecule has 0 aliphatic heterocycles. The third kappa shape index (κ3) is 3.20. The van der Waals surface area contributed by atoms with Gasteiger partial charge in [0.2, 0.25) is 0 Å². The molecule has 20 heavy (non-hydrogen) atoms. The molecule has 0 aliphatic carbocycles. The van der Waals surface area contributed by atoms with Gasteiger partial charge in [-0.2, -0.15) is 0 Å². The maximum absolute atomic E-state index is 12.3. The van der Waals surface area contributed by atoms with Crippen LogP contribution in [0.3, 0.4) is 0 Å². The number of hydrogen-bond acceptors (Lipinski definition) is 3.